The molecule has 0 saturated heterocycles. The zero-order valence-corrected chi connectivity index (χ0v) is 12.9. The predicted octanol–water partition coefficient (Wildman–Crippen LogP) is 3.79. The van der Waals surface area contributed by atoms with Gasteiger partial charge >= 0.3 is 0 Å². The lowest BCUT2D eigenvalue weighted by molar-refractivity contribution is 0.102. The van der Waals surface area contributed by atoms with Crippen molar-refractivity contribution in [1.29, 1.82) is 0 Å². The standard InChI is InChI=1S/C18H16FN3O/c1-12-16(13-8-4-3-5-9-13)20-18(22(12)2)21-17(23)14-10-6-7-11-15(14)19/h3-11H,1-2H3,(H,20,21,23). The summed E-state index contributed by atoms with van der Waals surface area (Å²) < 4.78 is 15.5. The van der Waals surface area contributed by atoms with Crippen LogP contribution in [0.25, 0.3) is 11.3 Å². The van der Waals surface area contributed by atoms with Gasteiger partial charge in [-0.2, -0.15) is 0 Å². The molecule has 0 aliphatic carbocycles. The zero-order valence-electron chi connectivity index (χ0n) is 12.9. The molecule has 0 fully saturated rings. The fourth-order valence-electron chi connectivity index (χ4n) is 2.38. The minimum absolute atomic E-state index is 0.00517. The van der Waals surface area contributed by atoms with Crippen molar-refractivity contribution in [2.75, 3.05) is 5.32 Å². The number of amides is 1. The second-order valence-electron chi connectivity index (χ2n) is 5.23. The van der Waals surface area contributed by atoms with Gasteiger partial charge in [-0.05, 0) is 19.1 Å². The van der Waals surface area contributed by atoms with Crippen LogP contribution in [0, 0.1) is 12.7 Å². The van der Waals surface area contributed by atoms with Gasteiger partial charge in [-0.25, -0.2) is 9.37 Å². The molecule has 1 heterocycles. The first-order valence-electron chi connectivity index (χ1n) is 7.22. The van der Waals surface area contributed by atoms with E-state index in [2.05, 4.69) is 10.3 Å². The van der Waals surface area contributed by atoms with Gasteiger partial charge in [0.25, 0.3) is 5.91 Å². The number of carbonyl (C=O) groups is 1. The molecular weight excluding hydrogens is 293 g/mol. The molecule has 5 heteroatoms. The van der Waals surface area contributed by atoms with Gasteiger partial charge in [0.1, 0.15) is 5.82 Å². The highest BCUT2D eigenvalue weighted by Crippen LogP contribution is 2.25. The van der Waals surface area contributed by atoms with E-state index in [1.165, 1.54) is 12.1 Å². The third-order valence-electron chi connectivity index (χ3n) is 3.77. The molecule has 0 spiro atoms. The Labute approximate surface area is 133 Å². The number of hydrogen-bond acceptors (Lipinski definition) is 2. The van der Waals surface area contributed by atoms with E-state index in [9.17, 15) is 9.18 Å². The Morgan fingerprint density at radius 1 is 1.09 bits per heavy atom. The van der Waals surface area contributed by atoms with E-state index in [1.54, 1.807) is 16.7 Å². The van der Waals surface area contributed by atoms with Gasteiger partial charge in [0.15, 0.2) is 0 Å². The lowest BCUT2D eigenvalue weighted by Gasteiger charge is -2.06. The van der Waals surface area contributed by atoms with Crippen molar-refractivity contribution in [3.05, 3.63) is 71.7 Å². The maximum atomic E-state index is 13.7. The average Bonchev–Trinajstić information content (AvgIpc) is 2.84. The number of aromatic nitrogens is 2. The Hall–Kier alpha value is -2.95. The van der Waals surface area contributed by atoms with Crippen molar-refractivity contribution in [3.63, 3.8) is 0 Å². The van der Waals surface area contributed by atoms with Crippen LogP contribution in [0.4, 0.5) is 10.3 Å². The van der Waals surface area contributed by atoms with Crippen molar-refractivity contribution in [2.45, 2.75) is 6.92 Å². The van der Waals surface area contributed by atoms with Gasteiger partial charge in [-0.15, -0.1) is 0 Å². The number of halogens is 1. The quantitative estimate of drug-likeness (QED) is 0.800. The summed E-state index contributed by atoms with van der Waals surface area (Å²) in [6.45, 7) is 1.92. The Kier molecular flexibility index (Phi) is 3.93. The summed E-state index contributed by atoms with van der Waals surface area (Å²) in [7, 11) is 1.81. The van der Waals surface area contributed by atoms with Crippen LogP contribution in [-0.2, 0) is 7.05 Å². The summed E-state index contributed by atoms with van der Waals surface area (Å²) in [5, 5.41) is 2.67. The van der Waals surface area contributed by atoms with Crippen LogP contribution in [0.5, 0.6) is 0 Å². The van der Waals surface area contributed by atoms with Gasteiger partial charge < -0.3 is 4.57 Å². The number of anilines is 1. The molecule has 0 bridgehead atoms. The van der Waals surface area contributed by atoms with Crippen molar-refractivity contribution < 1.29 is 9.18 Å². The average molecular weight is 309 g/mol. The van der Waals surface area contributed by atoms with Crippen molar-refractivity contribution >= 4 is 11.9 Å². The van der Waals surface area contributed by atoms with Gasteiger partial charge in [-0.1, -0.05) is 42.5 Å². The molecular formula is C18H16FN3O. The van der Waals surface area contributed by atoms with E-state index in [0.29, 0.717) is 5.95 Å². The maximum Gasteiger partial charge on any atom is 0.260 e. The van der Waals surface area contributed by atoms with Gasteiger partial charge in [0.05, 0.1) is 11.3 Å². The Bertz CT molecular complexity index is 856. The number of benzene rings is 2. The molecule has 0 atom stereocenters. The van der Waals surface area contributed by atoms with Gasteiger partial charge in [0, 0.05) is 18.3 Å². The number of carbonyl (C=O) groups excluding carboxylic acids is 1. The second-order valence-corrected chi connectivity index (χ2v) is 5.23. The number of hydrogen-bond donors (Lipinski definition) is 1. The first-order chi connectivity index (χ1) is 11.1. The van der Waals surface area contributed by atoms with Gasteiger partial charge in [0.2, 0.25) is 5.95 Å². The van der Waals surface area contributed by atoms with E-state index in [4.69, 9.17) is 0 Å². The van der Waals surface area contributed by atoms with Crippen molar-refractivity contribution in [1.82, 2.24) is 9.55 Å². The molecule has 1 amide bonds. The SMILES string of the molecule is Cc1c(-c2ccccc2)nc(NC(=O)c2ccccc2F)n1C. The Morgan fingerprint density at radius 3 is 2.43 bits per heavy atom. The third kappa shape index (κ3) is 2.85. The number of nitrogens with one attached hydrogen (secondary N) is 1. The van der Waals surface area contributed by atoms with Crippen LogP contribution >= 0.6 is 0 Å². The van der Waals surface area contributed by atoms with E-state index in [1.807, 2.05) is 44.3 Å². The van der Waals surface area contributed by atoms with Crippen LogP contribution < -0.4 is 5.32 Å². The molecule has 116 valence electrons. The van der Waals surface area contributed by atoms with Crippen LogP contribution in [0.15, 0.2) is 54.6 Å². The minimum atomic E-state index is -0.556. The van der Waals surface area contributed by atoms with E-state index >= 15 is 0 Å². The van der Waals surface area contributed by atoms with E-state index < -0.39 is 11.7 Å². The normalized spacial score (nSPS) is 10.6. The molecule has 1 N–H and O–H groups in total. The first-order valence-corrected chi connectivity index (χ1v) is 7.22. The monoisotopic (exact) mass is 309 g/mol. The third-order valence-corrected chi connectivity index (χ3v) is 3.77. The zero-order chi connectivity index (χ0) is 16.4. The molecule has 0 saturated carbocycles. The molecule has 4 nitrogen and oxygen atoms in total. The van der Waals surface area contributed by atoms with E-state index in [-0.39, 0.29) is 5.56 Å². The Balaban J connectivity index is 1.93. The number of rotatable bonds is 3. The fraction of sp³-hybridized carbons (Fsp3) is 0.111. The Morgan fingerprint density at radius 2 is 1.74 bits per heavy atom. The van der Waals surface area contributed by atoms with Crippen LogP contribution in [0.1, 0.15) is 16.1 Å². The summed E-state index contributed by atoms with van der Waals surface area (Å²) in [6, 6.07) is 15.6. The number of nitrogens with zero attached hydrogens (tertiary/aromatic N) is 2. The van der Waals surface area contributed by atoms with Crippen LogP contribution in [0.2, 0.25) is 0 Å². The maximum absolute atomic E-state index is 13.7. The summed E-state index contributed by atoms with van der Waals surface area (Å²) in [6.07, 6.45) is 0. The highest BCUT2D eigenvalue weighted by Gasteiger charge is 2.17. The molecule has 1 aromatic heterocycles. The highest BCUT2D eigenvalue weighted by molar-refractivity contribution is 6.03. The molecule has 0 aliphatic heterocycles. The number of imidazole rings is 1. The summed E-state index contributed by atoms with van der Waals surface area (Å²) >= 11 is 0. The van der Waals surface area contributed by atoms with Gasteiger partial charge in [-0.3, -0.25) is 10.1 Å². The molecule has 3 aromatic rings. The second kappa shape index (κ2) is 6.04. The summed E-state index contributed by atoms with van der Waals surface area (Å²) in [4.78, 5) is 16.7. The fourth-order valence-corrected chi connectivity index (χ4v) is 2.38. The van der Waals surface area contributed by atoms with Crippen LogP contribution in [0.3, 0.4) is 0 Å². The lowest BCUT2D eigenvalue weighted by atomic mass is 10.1. The molecule has 0 unspecified atom stereocenters. The molecule has 0 aliphatic rings. The van der Waals surface area contributed by atoms with Crippen molar-refractivity contribution in [2.24, 2.45) is 7.05 Å². The first kappa shape index (κ1) is 15.0. The molecule has 3 rings (SSSR count). The molecule has 0 radical (unpaired) electrons. The highest BCUT2D eigenvalue weighted by atomic mass is 19.1. The lowest BCUT2D eigenvalue weighted by Crippen LogP contribution is -2.16. The van der Waals surface area contributed by atoms with Crippen LogP contribution in [-0.4, -0.2) is 15.5 Å². The van der Waals surface area contributed by atoms with Crippen molar-refractivity contribution in [3.8, 4) is 11.3 Å². The minimum Gasteiger partial charge on any atom is -0.317 e. The predicted molar refractivity (Wildman–Crippen MR) is 87.7 cm³/mol. The summed E-state index contributed by atoms with van der Waals surface area (Å²) in [5.41, 5.74) is 2.67. The molecule has 2 aromatic carbocycles. The smallest absolute Gasteiger partial charge is 0.260 e. The summed E-state index contributed by atoms with van der Waals surface area (Å²) in [5.74, 6) is -0.690. The topological polar surface area (TPSA) is 46.9 Å². The largest absolute Gasteiger partial charge is 0.317 e. The van der Waals surface area contributed by atoms with E-state index in [0.717, 1.165) is 17.0 Å². The molecule has 23 heavy (non-hydrogen) atoms.